The summed E-state index contributed by atoms with van der Waals surface area (Å²) in [6.07, 6.45) is -2.01. The minimum atomic E-state index is -1.38. The van der Waals surface area contributed by atoms with Crippen molar-refractivity contribution in [1.29, 1.82) is 0 Å². The molecule has 0 amide bonds. The number of carbonyl (C=O) groups is 2. The predicted octanol–water partition coefficient (Wildman–Crippen LogP) is -0.849. The zero-order valence-corrected chi connectivity index (χ0v) is 7.75. The fourth-order valence-electron chi connectivity index (χ4n) is 1.05. The lowest BCUT2D eigenvalue weighted by atomic mass is 9.90. The summed E-state index contributed by atoms with van der Waals surface area (Å²) >= 11 is 0. The zero-order valence-electron chi connectivity index (χ0n) is 7.75. The Bertz CT molecular complexity index is 214. The van der Waals surface area contributed by atoms with Crippen molar-refractivity contribution in [3.63, 3.8) is 0 Å². The Labute approximate surface area is 80.8 Å². The number of carboxylic acids is 2. The molecule has 6 nitrogen and oxygen atoms in total. The van der Waals surface area contributed by atoms with Crippen LogP contribution in [-0.2, 0) is 9.59 Å². The molecular formula is C8H14O6. The Balaban J connectivity index is 4.48. The second-order valence-corrected chi connectivity index (χ2v) is 3.19. The smallest absolute Gasteiger partial charge is 0.309 e. The van der Waals surface area contributed by atoms with Gasteiger partial charge in [-0.15, -0.1) is 0 Å². The maximum atomic E-state index is 10.6. The molecule has 0 fully saturated rings. The first-order valence-corrected chi connectivity index (χ1v) is 4.13. The summed E-state index contributed by atoms with van der Waals surface area (Å²) in [5.74, 6) is -4.70. The molecule has 4 N–H and O–H groups in total. The van der Waals surface area contributed by atoms with Crippen LogP contribution in [0, 0.1) is 11.8 Å². The monoisotopic (exact) mass is 206 g/mol. The Morgan fingerprint density at radius 2 is 1.79 bits per heavy atom. The van der Waals surface area contributed by atoms with Gasteiger partial charge in [0.1, 0.15) is 0 Å². The average molecular weight is 206 g/mol. The van der Waals surface area contributed by atoms with E-state index in [-0.39, 0.29) is 6.61 Å². The molecule has 0 aromatic rings. The third-order valence-electron chi connectivity index (χ3n) is 1.99. The van der Waals surface area contributed by atoms with Gasteiger partial charge >= 0.3 is 11.9 Å². The second kappa shape index (κ2) is 5.56. The SMILES string of the molecule is CC(CO)C(O)C(CC(=O)O)C(=O)O. The Morgan fingerprint density at radius 3 is 2.07 bits per heavy atom. The van der Waals surface area contributed by atoms with Gasteiger partial charge in [-0.2, -0.15) is 0 Å². The van der Waals surface area contributed by atoms with Crippen LogP contribution in [0.2, 0.25) is 0 Å². The third kappa shape index (κ3) is 3.71. The summed E-state index contributed by atoms with van der Waals surface area (Å²) in [7, 11) is 0. The first-order chi connectivity index (χ1) is 6.40. The maximum Gasteiger partial charge on any atom is 0.309 e. The molecule has 6 heteroatoms. The molecule has 0 aliphatic rings. The highest BCUT2D eigenvalue weighted by Gasteiger charge is 2.32. The van der Waals surface area contributed by atoms with Crippen molar-refractivity contribution in [1.82, 2.24) is 0 Å². The predicted molar refractivity (Wildman–Crippen MR) is 45.6 cm³/mol. The van der Waals surface area contributed by atoms with Crippen molar-refractivity contribution in [2.24, 2.45) is 11.8 Å². The van der Waals surface area contributed by atoms with E-state index < -0.39 is 36.3 Å². The molecule has 0 aromatic carbocycles. The van der Waals surface area contributed by atoms with Crippen molar-refractivity contribution >= 4 is 11.9 Å². The zero-order chi connectivity index (χ0) is 11.3. The van der Waals surface area contributed by atoms with Crippen LogP contribution in [0.1, 0.15) is 13.3 Å². The molecule has 3 atom stereocenters. The molecule has 3 unspecified atom stereocenters. The highest BCUT2D eigenvalue weighted by atomic mass is 16.4. The summed E-state index contributed by atoms with van der Waals surface area (Å²) in [6, 6.07) is 0. The molecule has 0 saturated carbocycles. The summed E-state index contributed by atoms with van der Waals surface area (Å²) in [6.45, 7) is 1.06. The second-order valence-electron chi connectivity index (χ2n) is 3.19. The van der Waals surface area contributed by atoms with Crippen molar-refractivity contribution in [3.05, 3.63) is 0 Å². The Hall–Kier alpha value is -1.14. The standard InChI is InChI=1S/C8H14O6/c1-4(3-9)7(12)5(8(13)14)2-6(10)11/h4-5,7,9,12H,2-3H2,1H3,(H,10,11)(H,13,14). The van der Waals surface area contributed by atoms with E-state index in [0.29, 0.717) is 0 Å². The van der Waals surface area contributed by atoms with Crippen LogP contribution < -0.4 is 0 Å². The highest BCUT2D eigenvalue weighted by Crippen LogP contribution is 2.16. The van der Waals surface area contributed by atoms with Crippen LogP contribution in [0.4, 0.5) is 0 Å². The van der Waals surface area contributed by atoms with Crippen LogP contribution >= 0.6 is 0 Å². The summed E-state index contributed by atoms with van der Waals surface area (Å²) in [5.41, 5.74) is 0. The van der Waals surface area contributed by atoms with Gasteiger partial charge in [0.25, 0.3) is 0 Å². The molecule has 0 spiro atoms. The number of hydrogen-bond donors (Lipinski definition) is 4. The van der Waals surface area contributed by atoms with E-state index >= 15 is 0 Å². The number of aliphatic carboxylic acids is 2. The summed E-state index contributed by atoms with van der Waals surface area (Å²) < 4.78 is 0. The lowest BCUT2D eigenvalue weighted by Gasteiger charge is -2.21. The van der Waals surface area contributed by atoms with Crippen LogP contribution in [-0.4, -0.2) is 45.1 Å². The van der Waals surface area contributed by atoms with Crippen molar-refractivity contribution in [2.45, 2.75) is 19.4 Å². The van der Waals surface area contributed by atoms with E-state index in [1.54, 1.807) is 0 Å². The van der Waals surface area contributed by atoms with E-state index in [4.69, 9.17) is 15.3 Å². The van der Waals surface area contributed by atoms with E-state index in [0.717, 1.165) is 0 Å². The molecular weight excluding hydrogens is 192 g/mol. The molecule has 0 radical (unpaired) electrons. The first-order valence-electron chi connectivity index (χ1n) is 4.13. The number of rotatable bonds is 6. The van der Waals surface area contributed by atoms with Gasteiger partial charge in [0, 0.05) is 12.5 Å². The summed E-state index contributed by atoms with van der Waals surface area (Å²) in [4.78, 5) is 20.9. The lowest BCUT2D eigenvalue weighted by molar-refractivity contribution is -0.154. The largest absolute Gasteiger partial charge is 0.481 e. The number of carboxylic acid groups (broad SMARTS) is 2. The molecule has 82 valence electrons. The fourth-order valence-corrected chi connectivity index (χ4v) is 1.05. The lowest BCUT2D eigenvalue weighted by Crippen LogP contribution is -2.36. The Morgan fingerprint density at radius 1 is 1.29 bits per heavy atom. The molecule has 0 bridgehead atoms. The summed E-state index contributed by atoms with van der Waals surface area (Å²) in [5, 5.41) is 35.1. The normalized spacial score (nSPS) is 17.1. The van der Waals surface area contributed by atoms with Gasteiger partial charge in [-0.1, -0.05) is 6.92 Å². The maximum absolute atomic E-state index is 10.6. The van der Waals surface area contributed by atoms with E-state index in [1.165, 1.54) is 6.92 Å². The number of hydrogen-bond acceptors (Lipinski definition) is 4. The Kier molecular flexibility index (Phi) is 5.11. The molecule has 0 rings (SSSR count). The van der Waals surface area contributed by atoms with Gasteiger partial charge in [-0.25, -0.2) is 0 Å². The third-order valence-corrected chi connectivity index (χ3v) is 1.99. The van der Waals surface area contributed by atoms with Gasteiger partial charge in [-0.05, 0) is 0 Å². The average Bonchev–Trinajstić information content (AvgIpc) is 2.11. The van der Waals surface area contributed by atoms with Gasteiger partial charge in [0.2, 0.25) is 0 Å². The minimum Gasteiger partial charge on any atom is -0.481 e. The van der Waals surface area contributed by atoms with Crippen molar-refractivity contribution in [2.75, 3.05) is 6.61 Å². The van der Waals surface area contributed by atoms with Gasteiger partial charge in [0.05, 0.1) is 18.4 Å². The quantitative estimate of drug-likeness (QED) is 0.450. The van der Waals surface area contributed by atoms with E-state index in [2.05, 4.69) is 0 Å². The van der Waals surface area contributed by atoms with Crippen LogP contribution in [0.5, 0.6) is 0 Å². The van der Waals surface area contributed by atoms with Crippen LogP contribution in [0.3, 0.4) is 0 Å². The van der Waals surface area contributed by atoms with Gasteiger partial charge in [-0.3, -0.25) is 9.59 Å². The molecule has 0 heterocycles. The highest BCUT2D eigenvalue weighted by molar-refractivity contribution is 5.78. The van der Waals surface area contributed by atoms with E-state index in [1.807, 2.05) is 0 Å². The molecule has 14 heavy (non-hydrogen) atoms. The minimum absolute atomic E-state index is 0.384. The van der Waals surface area contributed by atoms with Crippen LogP contribution in [0.15, 0.2) is 0 Å². The fraction of sp³-hybridized carbons (Fsp3) is 0.750. The molecule has 0 aromatic heterocycles. The number of aliphatic hydroxyl groups excluding tert-OH is 2. The van der Waals surface area contributed by atoms with Crippen LogP contribution in [0.25, 0.3) is 0 Å². The van der Waals surface area contributed by atoms with Gasteiger partial charge < -0.3 is 20.4 Å². The molecule has 0 aliphatic carbocycles. The van der Waals surface area contributed by atoms with Crippen molar-refractivity contribution in [3.8, 4) is 0 Å². The van der Waals surface area contributed by atoms with Crippen molar-refractivity contribution < 1.29 is 30.0 Å². The molecule has 0 aliphatic heterocycles. The van der Waals surface area contributed by atoms with Gasteiger partial charge in [0.15, 0.2) is 0 Å². The first kappa shape index (κ1) is 12.9. The van der Waals surface area contributed by atoms with E-state index in [9.17, 15) is 14.7 Å². The topological polar surface area (TPSA) is 115 Å². The molecule has 0 saturated heterocycles. The number of aliphatic hydroxyl groups is 2.